The number of hydrogen-bond donors (Lipinski definition) is 2. The summed E-state index contributed by atoms with van der Waals surface area (Å²) in [5, 5.41) is 20.0. The molecule has 0 saturated carbocycles. The van der Waals surface area contributed by atoms with E-state index in [0.29, 0.717) is 13.2 Å². The van der Waals surface area contributed by atoms with Gasteiger partial charge in [0.1, 0.15) is 23.0 Å². The van der Waals surface area contributed by atoms with E-state index in [-0.39, 0.29) is 11.5 Å². The van der Waals surface area contributed by atoms with Gasteiger partial charge in [-0.3, -0.25) is 0 Å². The van der Waals surface area contributed by atoms with E-state index >= 15 is 0 Å². The molecule has 0 aliphatic carbocycles. The van der Waals surface area contributed by atoms with Crippen LogP contribution in [0.5, 0.6) is 23.0 Å². The molecule has 2 N–H and O–H groups in total. The average Bonchev–Trinajstić information content (AvgIpc) is 3.18. The predicted octanol–water partition coefficient (Wildman–Crippen LogP) is 16.2. The molecule has 3 aromatic rings. The van der Waals surface area contributed by atoms with Gasteiger partial charge in [0.2, 0.25) is 0 Å². The maximum atomic E-state index is 10.0. The van der Waals surface area contributed by atoms with Gasteiger partial charge >= 0.3 is 0 Å². The fourth-order valence-electron chi connectivity index (χ4n) is 7.49. The van der Waals surface area contributed by atoms with Crippen LogP contribution in [0, 0.1) is 0 Å². The number of hydrogen-bond acceptors (Lipinski definition) is 4. The standard InChI is InChI=1S/C50H78O4/c1-3-5-7-9-11-13-15-17-19-21-23-25-27-29-39-53-49-41-48(44-33-37-46(52)38-34-44)50(42-47(49)43-31-35-45(51)36-32-43)54-40-30-28-26-24-22-20-18-16-14-12-10-8-6-4-2/h31-38,41-42,51-52H,3-30,39-40H2,1-2H3. The third kappa shape index (κ3) is 20.0. The predicted molar refractivity (Wildman–Crippen MR) is 232 cm³/mol. The average molecular weight is 743 g/mol. The Balaban J connectivity index is 1.48. The number of rotatable bonds is 34. The molecule has 0 heterocycles. The molecule has 3 aromatic carbocycles. The van der Waals surface area contributed by atoms with Crippen molar-refractivity contribution in [3.05, 3.63) is 60.7 Å². The first-order valence-electron chi connectivity index (χ1n) is 22.6. The van der Waals surface area contributed by atoms with Gasteiger partial charge in [0.15, 0.2) is 0 Å². The Morgan fingerprint density at radius 3 is 0.833 bits per heavy atom. The Hall–Kier alpha value is -3.14. The Bertz CT molecular complexity index is 1210. The van der Waals surface area contributed by atoms with Crippen molar-refractivity contribution in [1.82, 2.24) is 0 Å². The molecular weight excluding hydrogens is 665 g/mol. The van der Waals surface area contributed by atoms with Crippen molar-refractivity contribution in [2.45, 2.75) is 194 Å². The summed E-state index contributed by atoms with van der Waals surface area (Å²) in [5.41, 5.74) is 3.92. The quantitative estimate of drug-likeness (QED) is 0.0598. The van der Waals surface area contributed by atoms with Crippen molar-refractivity contribution in [2.24, 2.45) is 0 Å². The van der Waals surface area contributed by atoms with E-state index in [1.807, 2.05) is 24.3 Å². The third-order valence-electron chi connectivity index (χ3n) is 10.9. The lowest BCUT2D eigenvalue weighted by Gasteiger charge is -2.19. The fourth-order valence-corrected chi connectivity index (χ4v) is 7.49. The molecule has 0 unspecified atom stereocenters. The van der Waals surface area contributed by atoms with Gasteiger partial charge in [0, 0.05) is 11.1 Å². The van der Waals surface area contributed by atoms with Crippen LogP contribution in [0.2, 0.25) is 0 Å². The summed E-state index contributed by atoms with van der Waals surface area (Å²) < 4.78 is 13.1. The molecule has 0 atom stereocenters. The molecule has 4 nitrogen and oxygen atoms in total. The second kappa shape index (κ2) is 30.1. The summed E-state index contributed by atoms with van der Waals surface area (Å²) in [6, 6.07) is 18.9. The molecule has 0 fully saturated rings. The smallest absolute Gasteiger partial charge is 0.128 e. The van der Waals surface area contributed by atoms with Gasteiger partial charge < -0.3 is 19.7 Å². The summed E-state index contributed by atoms with van der Waals surface area (Å²) >= 11 is 0. The maximum absolute atomic E-state index is 10.0. The van der Waals surface area contributed by atoms with Crippen molar-refractivity contribution in [3.8, 4) is 45.3 Å². The summed E-state index contributed by atoms with van der Waals surface area (Å²) in [4.78, 5) is 0. The van der Waals surface area contributed by atoms with Crippen LogP contribution in [0.1, 0.15) is 194 Å². The van der Waals surface area contributed by atoms with Crippen LogP contribution in [0.25, 0.3) is 22.3 Å². The van der Waals surface area contributed by atoms with Crippen LogP contribution in [0.15, 0.2) is 60.7 Å². The summed E-state index contributed by atoms with van der Waals surface area (Å²) in [5.74, 6) is 2.14. The largest absolute Gasteiger partial charge is 0.508 e. The van der Waals surface area contributed by atoms with Gasteiger partial charge in [-0.05, 0) is 60.4 Å². The minimum atomic E-state index is 0.249. The molecule has 0 aliphatic heterocycles. The highest BCUT2D eigenvalue weighted by Crippen LogP contribution is 2.42. The number of unbranched alkanes of at least 4 members (excludes halogenated alkanes) is 26. The number of aromatic hydroxyl groups is 2. The van der Waals surface area contributed by atoms with E-state index in [0.717, 1.165) is 46.6 Å². The third-order valence-corrected chi connectivity index (χ3v) is 10.9. The second-order valence-corrected chi connectivity index (χ2v) is 15.8. The Kier molecular flexibility index (Phi) is 25.2. The normalized spacial score (nSPS) is 11.3. The van der Waals surface area contributed by atoms with Crippen molar-refractivity contribution in [3.63, 3.8) is 0 Å². The Labute approximate surface area is 331 Å². The van der Waals surface area contributed by atoms with E-state index in [9.17, 15) is 10.2 Å². The summed E-state index contributed by atoms with van der Waals surface area (Å²) in [7, 11) is 0. The molecular formula is C50H78O4. The lowest BCUT2D eigenvalue weighted by molar-refractivity contribution is 0.298. The highest BCUT2D eigenvalue weighted by molar-refractivity contribution is 5.81. The zero-order valence-corrected chi connectivity index (χ0v) is 34.7. The SMILES string of the molecule is CCCCCCCCCCCCCCCCOc1cc(-c2ccc(O)cc2)c(OCCCCCCCCCCCCCCCC)cc1-c1ccc(O)cc1. The van der Waals surface area contributed by atoms with E-state index in [1.54, 1.807) is 24.3 Å². The lowest BCUT2D eigenvalue weighted by Crippen LogP contribution is -2.03. The van der Waals surface area contributed by atoms with E-state index in [2.05, 4.69) is 26.0 Å². The highest BCUT2D eigenvalue weighted by atomic mass is 16.5. The molecule has 3 rings (SSSR count). The number of ether oxygens (including phenoxy) is 2. The van der Waals surface area contributed by atoms with Gasteiger partial charge in [-0.15, -0.1) is 0 Å². The molecule has 4 heteroatoms. The van der Waals surface area contributed by atoms with Crippen molar-refractivity contribution in [1.29, 1.82) is 0 Å². The molecule has 0 aromatic heterocycles. The Morgan fingerprint density at radius 2 is 0.574 bits per heavy atom. The van der Waals surface area contributed by atoms with Gasteiger partial charge in [-0.2, -0.15) is 0 Å². The molecule has 0 spiro atoms. The highest BCUT2D eigenvalue weighted by Gasteiger charge is 2.16. The van der Waals surface area contributed by atoms with Crippen LogP contribution in [0.3, 0.4) is 0 Å². The van der Waals surface area contributed by atoms with Gasteiger partial charge in [0.25, 0.3) is 0 Å². The van der Waals surface area contributed by atoms with Crippen LogP contribution < -0.4 is 9.47 Å². The fraction of sp³-hybridized carbons (Fsp3) is 0.640. The summed E-state index contributed by atoms with van der Waals surface area (Å²) in [6.07, 6.45) is 37.3. The van der Waals surface area contributed by atoms with Crippen LogP contribution in [-0.2, 0) is 0 Å². The molecule has 302 valence electrons. The monoisotopic (exact) mass is 743 g/mol. The second-order valence-electron chi connectivity index (χ2n) is 15.8. The van der Waals surface area contributed by atoms with E-state index < -0.39 is 0 Å². The molecule has 54 heavy (non-hydrogen) atoms. The van der Waals surface area contributed by atoms with E-state index in [4.69, 9.17) is 9.47 Å². The molecule has 0 saturated heterocycles. The van der Waals surface area contributed by atoms with Crippen LogP contribution in [-0.4, -0.2) is 23.4 Å². The van der Waals surface area contributed by atoms with Gasteiger partial charge in [-0.25, -0.2) is 0 Å². The molecule has 0 amide bonds. The first-order chi connectivity index (χ1) is 26.6. The number of benzene rings is 3. The van der Waals surface area contributed by atoms with E-state index in [1.165, 1.54) is 167 Å². The number of phenols is 2. The van der Waals surface area contributed by atoms with Crippen molar-refractivity contribution >= 4 is 0 Å². The minimum Gasteiger partial charge on any atom is -0.508 e. The van der Waals surface area contributed by atoms with Crippen LogP contribution >= 0.6 is 0 Å². The van der Waals surface area contributed by atoms with Crippen LogP contribution in [0.4, 0.5) is 0 Å². The maximum Gasteiger partial charge on any atom is 0.128 e. The number of phenolic OH excluding ortho intramolecular Hbond substituents is 2. The molecule has 0 bridgehead atoms. The minimum absolute atomic E-state index is 0.249. The van der Waals surface area contributed by atoms with Crippen molar-refractivity contribution in [2.75, 3.05) is 13.2 Å². The summed E-state index contributed by atoms with van der Waals surface area (Å²) in [6.45, 7) is 5.90. The van der Waals surface area contributed by atoms with Gasteiger partial charge in [-0.1, -0.05) is 205 Å². The molecule has 0 radical (unpaired) electrons. The first-order valence-corrected chi connectivity index (χ1v) is 22.6. The lowest BCUT2D eigenvalue weighted by atomic mass is 9.97. The Morgan fingerprint density at radius 1 is 0.333 bits per heavy atom. The van der Waals surface area contributed by atoms with Gasteiger partial charge in [0.05, 0.1) is 13.2 Å². The zero-order chi connectivity index (χ0) is 38.3. The topological polar surface area (TPSA) is 58.9 Å². The molecule has 0 aliphatic rings. The zero-order valence-electron chi connectivity index (χ0n) is 34.7. The first kappa shape index (κ1) is 45.3. The van der Waals surface area contributed by atoms with Crippen molar-refractivity contribution < 1.29 is 19.7 Å².